The zero-order valence-electron chi connectivity index (χ0n) is 14.0. The number of amides is 1. The third-order valence-electron chi connectivity index (χ3n) is 3.76. The highest BCUT2D eigenvalue weighted by atomic mass is 127. The second kappa shape index (κ2) is 9.54. The molecule has 0 aromatic heterocycles. The molecule has 0 saturated carbocycles. The van der Waals surface area contributed by atoms with Crippen LogP contribution in [0.1, 0.15) is 12.0 Å². The fourth-order valence-corrected chi connectivity index (χ4v) is 2.42. The Morgan fingerprint density at radius 2 is 2.00 bits per heavy atom. The molecule has 1 heterocycles. The molecule has 6 heteroatoms. The Hall–Kier alpha value is -1.57. The van der Waals surface area contributed by atoms with Gasteiger partial charge in [0.2, 0.25) is 5.91 Å². The molecule has 0 unspecified atom stereocenters. The van der Waals surface area contributed by atoms with Gasteiger partial charge < -0.3 is 15.1 Å². The molecule has 23 heavy (non-hydrogen) atoms. The minimum atomic E-state index is 0. The lowest BCUT2D eigenvalue weighted by Crippen LogP contribution is -2.46. The number of nitrogens with one attached hydrogen (secondary N) is 1. The molecule has 1 amide bonds. The molecular formula is C17H25IN4O. The third-order valence-corrected chi connectivity index (χ3v) is 3.76. The van der Waals surface area contributed by atoms with E-state index in [0.29, 0.717) is 0 Å². The number of carbonyl (C=O) groups is 1. The van der Waals surface area contributed by atoms with Crippen molar-refractivity contribution in [2.45, 2.75) is 6.42 Å². The lowest BCUT2D eigenvalue weighted by Gasteiger charge is -2.30. The number of hydrogen-bond donors (Lipinski definition) is 1. The molecule has 0 atom stereocenters. The number of halogens is 1. The largest absolute Gasteiger partial charge is 0.347 e. The fourth-order valence-electron chi connectivity index (χ4n) is 2.42. The Kier molecular flexibility index (Phi) is 8.08. The monoisotopic (exact) mass is 428 g/mol. The van der Waals surface area contributed by atoms with E-state index in [0.717, 1.165) is 25.5 Å². The van der Waals surface area contributed by atoms with Crippen LogP contribution in [0, 0.1) is 0 Å². The molecule has 1 aromatic rings. The number of rotatable bonds is 3. The van der Waals surface area contributed by atoms with Crippen LogP contribution in [0.2, 0.25) is 0 Å². The van der Waals surface area contributed by atoms with Gasteiger partial charge in [-0.1, -0.05) is 36.4 Å². The molecule has 0 spiro atoms. The molecule has 1 aliphatic heterocycles. The first-order chi connectivity index (χ1) is 10.6. The third kappa shape index (κ3) is 5.53. The van der Waals surface area contributed by atoms with Gasteiger partial charge in [0, 0.05) is 34.2 Å². The molecule has 126 valence electrons. The van der Waals surface area contributed by atoms with Crippen LogP contribution in [0.15, 0.2) is 41.4 Å². The molecule has 0 aliphatic carbocycles. The van der Waals surface area contributed by atoms with Crippen LogP contribution in [0.4, 0.5) is 0 Å². The van der Waals surface area contributed by atoms with Gasteiger partial charge in [-0.3, -0.25) is 9.79 Å². The van der Waals surface area contributed by atoms with E-state index in [2.05, 4.69) is 45.6 Å². The van der Waals surface area contributed by atoms with Crippen molar-refractivity contribution in [2.75, 3.05) is 40.8 Å². The van der Waals surface area contributed by atoms with E-state index in [9.17, 15) is 4.79 Å². The van der Waals surface area contributed by atoms with Crippen molar-refractivity contribution in [1.29, 1.82) is 0 Å². The predicted octanol–water partition coefficient (Wildman–Crippen LogP) is 2.06. The summed E-state index contributed by atoms with van der Waals surface area (Å²) in [7, 11) is 5.25. The summed E-state index contributed by atoms with van der Waals surface area (Å²) >= 11 is 0. The van der Waals surface area contributed by atoms with Gasteiger partial charge in [0.05, 0.1) is 6.54 Å². The summed E-state index contributed by atoms with van der Waals surface area (Å²) in [5.74, 6) is 0.817. The Bertz CT molecular complexity index is 569. The first-order valence-electron chi connectivity index (χ1n) is 7.52. The summed E-state index contributed by atoms with van der Waals surface area (Å²) in [6.45, 7) is 1.97. The number of guanidine groups is 1. The van der Waals surface area contributed by atoms with Gasteiger partial charge in [-0.2, -0.15) is 0 Å². The zero-order chi connectivity index (χ0) is 15.9. The predicted molar refractivity (Wildman–Crippen MR) is 106 cm³/mol. The summed E-state index contributed by atoms with van der Waals surface area (Å²) in [6.07, 6.45) is 3.21. The Balaban J connectivity index is 0.00000264. The van der Waals surface area contributed by atoms with E-state index >= 15 is 0 Å². The zero-order valence-corrected chi connectivity index (χ0v) is 16.3. The molecule has 0 fully saturated rings. The number of benzene rings is 1. The fraction of sp³-hybridized carbons (Fsp3) is 0.412. The van der Waals surface area contributed by atoms with Crippen LogP contribution in [-0.2, 0) is 4.79 Å². The van der Waals surface area contributed by atoms with Crippen molar-refractivity contribution >= 4 is 41.4 Å². The van der Waals surface area contributed by atoms with E-state index in [1.54, 1.807) is 26.0 Å². The topological polar surface area (TPSA) is 47.9 Å². The molecule has 1 aromatic carbocycles. The van der Waals surface area contributed by atoms with Crippen LogP contribution < -0.4 is 5.32 Å². The first kappa shape index (κ1) is 19.5. The first-order valence-corrected chi connectivity index (χ1v) is 7.52. The Morgan fingerprint density at radius 1 is 1.30 bits per heavy atom. The molecule has 5 nitrogen and oxygen atoms in total. The maximum Gasteiger partial charge on any atom is 0.241 e. The standard InChI is InChI=1S/C17H24N4O.HI/c1-18-17(19-13-16(22)20(2)3)21-11-9-15(10-12-21)14-7-5-4-6-8-14;/h4-9H,10-13H2,1-3H3,(H,18,19);1H. The van der Waals surface area contributed by atoms with Gasteiger partial charge in [-0.05, 0) is 17.6 Å². The maximum atomic E-state index is 11.7. The maximum absolute atomic E-state index is 11.7. The van der Waals surface area contributed by atoms with Crippen molar-refractivity contribution in [3.8, 4) is 0 Å². The lowest BCUT2D eigenvalue weighted by atomic mass is 10.00. The number of nitrogens with zero attached hydrogens (tertiary/aromatic N) is 3. The van der Waals surface area contributed by atoms with Crippen molar-refractivity contribution in [1.82, 2.24) is 15.1 Å². The number of hydrogen-bond acceptors (Lipinski definition) is 2. The Morgan fingerprint density at radius 3 is 2.52 bits per heavy atom. The van der Waals surface area contributed by atoms with Crippen molar-refractivity contribution in [3.63, 3.8) is 0 Å². The number of carbonyl (C=O) groups excluding carboxylic acids is 1. The summed E-state index contributed by atoms with van der Waals surface area (Å²) in [6, 6.07) is 10.5. The minimum absolute atomic E-state index is 0. The van der Waals surface area contributed by atoms with Crippen LogP contribution in [0.25, 0.3) is 5.57 Å². The molecule has 0 radical (unpaired) electrons. The van der Waals surface area contributed by atoms with Crippen molar-refractivity contribution in [2.24, 2.45) is 4.99 Å². The molecule has 1 N–H and O–H groups in total. The van der Waals surface area contributed by atoms with E-state index in [1.807, 2.05) is 6.07 Å². The highest BCUT2D eigenvalue weighted by Crippen LogP contribution is 2.21. The summed E-state index contributed by atoms with van der Waals surface area (Å²) in [4.78, 5) is 19.7. The van der Waals surface area contributed by atoms with Gasteiger partial charge in [-0.15, -0.1) is 24.0 Å². The molecule has 2 rings (SSSR count). The van der Waals surface area contributed by atoms with Crippen LogP contribution in [0.5, 0.6) is 0 Å². The summed E-state index contributed by atoms with van der Waals surface area (Å²) < 4.78 is 0. The van der Waals surface area contributed by atoms with E-state index in [-0.39, 0.29) is 36.4 Å². The van der Waals surface area contributed by atoms with Crippen molar-refractivity contribution in [3.05, 3.63) is 42.0 Å². The lowest BCUT2D eigenvalue weighted by molar-refractivity contribution is -0.127. The second-order valence-electron chi connectivity index (χ2n) is 5.48. The SMILES string of the molecule is CN=C(NCC(=O)N(C)C)N1CC=C(c2ccccc2)CC1.I. The number of likely N-dealkylation sites (N-methyl/N-ethyl adjacent to an activating group) is 1. The molecule has 1 aliphatic rings. The van der Waals surface area contributed by atoms with E-state index in [1.165, 1.54) is 11.1 Å². The minimum Gasteiger partial charge on any atom is -0.347 e. The molecule has 0 saturated heterocycles. The van der Waals surface area contributed by atoms with Gasteiger partial charge in [-0.25, -0.2) is 0 Å². The quantitative estimate of drug-likeness (QED) is 0.456. The molecular weight excluding hydrogens is 403 g/mol. The second-order valence-corrected chi connectivity index (χ2v) is 5.48. The van der Waals surface area contributed by atoms with Gasteiger partial charge in [0.25, 0.3) is 0 Å². The summed E-state index contributed by atoms with van der Waals surface area (Å²) in [5.41, 5.74) is 2.66. The average Bonchev–Trinajstić information content (AvgIpc) is 2.56. The van der Waals surface area contributed by atoms with Crippen molar-refractivity contribution < 1.29 is 4.79 Å². The normalized spacial score (nSPS) is 14.7. The Labute approximate surface area is 155 Å². The van der Waals surface area contributed by atoms with E-state index in [4.69, 9.17) is 0 Å². The van der Waals surface area contributed by atoms with E-state index < -0.39 is 0 Å². The van der Waals surface area contributed by atoms with Gasteiger partial charge >= 0.3 is 0 Å². The molecule has 0 bridgehead atoms. The summed E-state index contributed by atoms with van der Waals surface area (Å²) in [5, 5.41) is 3.13. The van der Waals surface area contributed by atoms with Gasteiger partial charge in [0.1, 0.15) is 0 Å². The number of aliphatic imine (C=N–C) groups is 1. The van der Waals surface area contributed by atoms with Crippen LogP contribution in [0.3, 0.4) is 0 Å². The van der Waals surface area contributed by atoms with Gasteiger partial charge in [0.15, 0.2) is 5.96 Å². The van der Waals surface area contributed by atoms with Crippen LogP contribution >= 0.6 is 24.0 Å². The van der Waals surface area contributed by atoms with Crippen LogP contribution in [-0.4, -0.2) is 62.4 Å². The highest BCUT2D eigenvalue weighted by Gasteiger charge is 2.16. The highest BCUT2D eigenvalue weighted by molar-refractivity contribution is 14.0. The average molecular weight is 428 g/mol. The smallest absolute Gasteiger partial charge is 0.241 e.